The van der Waals surface area contributed by atoms with E-state index in [-0.39, 0.29) is 49.7 Å². The summed E-state index contributed by atoms with van der Waals surface area (Å²) in [6.45, 7) is -0.565. The van der Waals surface area contributed by atoms with E-state index < -0.39 is 24.0 Å². The highest BCUT2D eigenvalue weighted by Crippen LogP contribution is 1.94. The van der Waals surface area contributed by atoms with Crippen molar-refractivity contribution in [3.05, 3.63) is 0 Å². The predicted molar refractivity (Wildman–Crippen MR) is 82.0 cm³/mol. The van der Waals surface area contributed by atoms with Crippen LogP contribution in [0.4, 0.5) is 0 Å². The lowest BCUT2D eigenvalue weighted by atomic mass is 10.2. The number of halogens is 2. The summed E-state index contributed by atoms with van der Waals surface area (Å²) in [5, 5.41) is 37.3. The minimum atomic E-state index is -2.00. The smallest absolute Gasteiger partial charge is 0.252 e. The number of ether oxygens (including phenoxy) is 2. The van der Waals surface area contributed by atoms with E-state index in [0.29, 0.717) is 0 Å². The molecule has 2 atom stereocenters. The molecular formula is C10H20Cl2N4O6. The van der Waals surface area contributed by atoms with Crippen molar-refractivity contribution < 1.29 is 29.3 Å². The Morgan fingerprint density at radius 3 is 1.41 bits per heavy atom. The van der Waals surface area contributed by atoms with E-state index in [2.05, 4.69) is 20.1 Å². The van der Waals surface area contributed by atoms with Gasteiger partial charge in [0.1, 0.15) is 0 Å². The molecule has 0 unspecified atom stereocenters. The lowest BCUT2D eigenvalue weighted by molar-refractivity contribution is -0.145. The Kier molecular flexibility index (Phi) is 15.1. The van der Waals surface area contributed by atoms with Crippen LogP contribution in [0.5, 0.6) is 0 Å². The Morgan fingerprint density at radius 2 is 1.18 bits per heavy atom. The first kappa shape index (κ1) is 25.3. The van der Waals surface area contributed by atoms with Gasteiger partial charge in [0.05, 0.1) is 27.3 Å². The van der Waals surface area contributed by atoms with E-state index >= 15 is 0 Å². The number of amides is 2. The van der Waals surface area contributed by atoms with Gasteiger partial charge in [-0.15, -0.1) is 24.8 Å². The van der Waals surface area contributed by atoms with Gasteiger partial charge in [0.2, 0.25) is 0 Å². The highest BCUT2D eigenvalue weighted by atomic mass is 35.5. The van der Waals surface area contributed by atoms with Crippen LogP contribution in [0.1, 0.15) is 0 Å². The van der Waals surface area contributed by atoms with Crippen molar-refractivity contribution in [1.29, 1.82) is 10.8 Å². The van der Waals surface area contributed by atoms with Gasteiger partial charge in [0.25, 0.3) is 11.8 Å². The highest BCUT2D eigenvalue weighted by molar-refractivity contribution is 5.93. The predicted octanol–water partition coefficient (Wildman–Crippen LogP) is -1.97. The Hall–Kier alpha value is -1.62. The van der Waals surface area contributed by atoms with Crippen molar-refractivity contribution in [2.45, 2.75) is 12.2 Å². The lowest BCUT2D eigenvalue weighted by Crippen LogP contribution is -2.51. The average Bonchev–Trinajstić information content (AvgIpc) is 2.47. The summed E-state index contributed by atoms with van der Waals surface area (Å²) in [6.07, 6.45) is -4.01. The Bertz CT molecular complexity index is 360. The molecule has 0 saturated heterocycles. The summed E-state index contributed by atoms with van der Waals surface area (Å²) in [4.78, 5) is 22.8. The zero-order valence-electron chi connectivity index (χ0n) is 11.9. The van der Waals surface area contributed by atoms with E-state index in [1.165, 1.54) is 14.2 Å². The number of hydrogen-bond acceptors (Lipinski definition) is 8. The van der Waals surface area contributed by atoms with E-state index in [4.69, 9.17) is 10.8 Å². The number of rotatable bonds is 7. The molecule has 22 heavy (non-hydrogen) atoms. The molecule has 0 aromatic heterocycles. The molecule has 0 aromatic carbocycles. The van der Waals surface area contributed by atoms with Crippen LogP contribution in [-0.4, -0.2) is 73.3 Å². The number of hydrogen-bond donors (Lipinski definition) is 6. The van der Waals surface area contributed by atoms with E-state index in [1.807, 2.05) is 0 Å². The molecule has 10 nitrogen and oxygen atoms in total. The highest BCUT2D eigenvalue weighted by Gasteiger charge is 2.30. The van der Waals surface area contributed by atoms with Gasteiger partial charge in [0, 0.05) is 0 Å². The number of methoxy groups -OCH3 is 2. The Morgan fingerprint density at radius 1 is 0.909 bits per heavy atom. The van der Waals surface area contributed by atoms with Gasteiger partial charge < -0.3 is 30.3 Å². The molecule has 0 spiro atoms. The Balaban J connectivity index is -0.00000180. The van der Waals surface area contributed by atoms with Gasteiger partial charge >= 0.3 is 0 Å². The van der Waals surface area contributed by atoms with Crippen LogP contribution in [-0.2, 0) is 19.1 Å². The van der Waals surface area contributed by atoms with Crippen molar-refractivity contribution in [1.82, 2.24) is 10.6 Å². The first-order valence-corrected chi connectivity index (χ1v) is 5.47. The van der Waals surface area contributed by atoms with E-state index in [1.54, 1.807) is 0 Å². The van der Waals surface area contributed by atoms with Gasteiger partial charge in [-0.3, -0.25) is 20.4 Å². The molecule has 0 bridgehead atoms. The zero-order chi connectivity index (χ0) is 15.7. The van der Waals surface area contributed by atoms with Gasteiger partial charge in [0.15, 0.2) is 24.0 Å². The maximum atomic E-state index is 11.4. The third kappa shape index (κ3) is 9.34. The fourth-order valence-corrected chi connectivity index (χ4v) is 0.975. The standard InChI is InChI=1S/C10H18N4O6.2ClH/c1-19-5(11)3-13-9(17)7(15)8(16)10(18)14-4-6(12)20-2;;/h7-8,11-12,15-16H,3-4H2,1-2H3,(H,13,17)(H,14,18);2*1H/t7-,8-;;/m1../s1. The van der Waals surface area contributed by atoms with Gasteiger partial charge in [-0.25, -0.2) is 0 Å². The van der Waals surface area contributed by atoms with Crippen LogP contribution >= 0.6 is 24.8 Å². The fraction of sp³-hybridized carbons (Fsp3) is 0.600. The van der Waals surface area contributed by atoms with Crippen LogP contribution < -0.4 is 10.6 Å². The van der Waals surface area contributed by atoms with Gasteiger partial charge in [-0.2, -0.15) is 0 Å². The summed E-state index contributed by atoms with van der Waals surface area (Å²) < 4.78 is 8.95. The van der Waals surface area contributed by atoms with Crippen LogP contribution in [0.15, 0.2) is 0 Å². The van der Waals surface area contributed by atoms with Crippen LogP contribution in [0.2, 0.25) is 0 Å². The van der Waals surface area contributed by atoms with Crippen molar-refractivity contribution >= 4 is 48.4 Å². The molecule has 130 valence electrons. The second-order valence-corrected chi connectivity index (χ2v) is 3.58. The largest absolute Gasteiger partial charge is 0.483 e. The molecule has 0 aliphatic rings. The normalized spacial score (nSPS) is 11.6. The summed E-state index contributed by atoms with van der Waals surface area (Å²) in [7, 11) is 2.47. The Labute approximate surface area is 139 Å². The third-order valence-corrected chi connectivity index (χ3v) is 2.18. The minimum Gasteiger partial charge on any atom is -0.483 e. The first-order chi connectivity index (χ1) is 9.33. The molecule has 0 aliphatic carbocycles. The second-order valence-electron chi connectivity index (χ2n) is 3.58. The topological polar surface area (TPSA) is 165 Å². The minimum absolute atomic E-state index is 0. The molecule has 0 rings (SSSR count). The molecule has 12 heteroatoms. The molecule has 0 aliphatic heterocycles. The maximum Gasteiger partial charge on any atom is 0.252 e. The number of aliphatic hydroxyl groups excluding tert-OH is 2. The molecule has 2 amide bonds. The fourth-order valence-electron chi connectivity index (χ4n) is 0.975. The van der Waals surface area contributed by atoms with Crippen molar-refractivity contribution in [3.8, 4) is 0 Å². The molecule has 0 radical (unpaired) electrons. The molecule has 0 heterocycles. The van der Waals surface area contributed by atoms with Gasteiger partial charge in [-0.1, -0.05) is 0 Å². The zero-order valence-corrected chi connectivity index (χ0v) is 13.5. The summed E-state index contributed by atoms with van der Waals surface area (Å²) in [5.74, 6) is -2.57. The molecule has 0 aromatic rings. The second kappa shape index (κ2) is 13.1. The van der Waals surface area contributed by atoms with Crippen molar-refractivity contribution in [2.75, 3.05) is 27.3 Å². The molecule has 0 saturated carbocycles. The lowest BCUT2D eigenvalue weighted by Gasteiger charge is -2.17. The number of carbonyl (C=O) groups excluding carboxylic acids is 2. The number of carbonyl (C=O) groups is 2. The van der Waals surface area contributed by atoms with E-state index in [0.717, 1.165) is 0 Å². The van der Waals surface area contributed by atoms with Crippen molar-refractivity contribution in [2.24, 2.45) is 0 Å². The van der Waals surface area contributed by atoms with E-state index in [9.17, 15) is 19.8 Å². The maximum absolute atomic E-state index is 11.4. The summed E-state index contributed by atoms with van der Waals surface area (Å²) in [5.41, 5.74) is 0. The monoisotopic (exact) mass is 362 g/mol. The van der Waals surface area contributed by atoms with Crippen LogP contribution in [0, 0.1) is 10.8 Å². The first-order valence-electron chi connectivity index (χ1n) is 5.47. The molecular weight excluding hydrogens is 343 g/mol. The number of aliphatic hydroxyl groups is 2. The number of nitrogens with one attached hydrogen (secondary N) is 4. The SMILES string of the molecule is COC(=N)CNC(=O)[C@H](O)[C@@H](O)C(=O)NCC(=N)OC.Cl.Cl. The van der Waals surface area contributed by atoms with Gasteiger partial charge in [-0.05, 0) is 0 Å². The summed E-state index contributed by atoms with van der Waals surface area (Å²) in [6, 6.07) is 0. The van der Waals surface area contributed by atoms with Crippen LogP contribution in [0.25, 0.3) is 0 Å². The average molecular weight is 363 g/mol. The molecule has 6 N–H and O–H groups in total. The molecule has 0 fully saturated rings. The quantitative estimate of drug-likeness (QED) is 0.227. The summed E-state index contributed by atoms with van der Waals surface area (Å²) >= 11 is 0. The van der Waals surface area contributed by atoms with Crippen LogP contribution in [0.3, 0.4) is 0 Å². The third-order valence-electron chi connectivity index (χ3n) is 2.18. The van der Waals surface area contributed by atoms with Crippen molar-refractivity contribution in [3.63, 3.8) is 0 Å².